The zero-order valence-corrected chi connectivity index (χ0v) is 7.33. The third-order valence-electron chi connectivity index (χ3n) is 1.84. The Morgan fingerprint density at radius 2 is 1.91 bits per heavy atom. The number of carbonyl (C=O) groups excluding carboxylic acids is 2. The maximum Gasteiger partial charge on any atom is 0.231 e. The van der Waals surface area contributed by atoms with E-state index >= 15 is 0 Å². The predicted octanol–water partition coefficient (Wildman–Crippen LogP) is 1.04. The molecule has 0 aliphatic heterocycles. The Hall–Kier alpha value is -0.860. The molecule has 0 N–H and O–H groups in total. The molecule has 0 radical (unpaired) electrons. The molecule has 0 spiro atoms. The summed E-state index contributed by atoms with van der Waals surface area (Å²) in [6.07, 6.45) is 2.15. The number of hydrogen-bond donors (Lipinski definition) is 0. The fourth-order valence-corrected chi connectivity index (χ4v) is 0.978. The summed E-state index contributed by atoms with van der Waals surface area (Å²) in [7, 11) is 1.49. The van der Waals surface area contributed by atoms with Crippen molar-refractivity contribution in [2.24, 2.45) is 5.92 Å². The molecule has 0 saturated carbocycles. The number of nitrogens with zero attached hydrogens (tertiary/aromatic N) is 1. The molecule has 0 saturated heterocycles. The molecule has 0 fully saturated rings. The van der Waals surface area contributed by atoms with E-state index in [1.54, 1.807) is 0 Å². The summed E-state index contributed by atoms with van der Waals surface area (Å²) < 4.78 is 0. The number of carbonyl (C=O) groups is 2. The summed E-state index contributed by atoms with van der Waals surface area (Å²) >= 11 is 0. The second kappa shape index (κ2) is 4.88. The lowest BCUT2D eigenvalue weighted by Crippen LogP contribution is -2.31. The van der Waals surface area contributed by atoms with E-state index in [0.717, 1.165) is 17.7 Å². The molecule has 0 aliphatic rings. The van der Waals surface area contributed by atoms with Gasteiger partial charge in [-0.3, -0.25) is 14.5 Å². The first-order valence-corrected chi connectivity index (χ1v) is 3.89. The molecule has 0 aliphatic carbocycles. The topological polar surface area (TPSA) is 37.4 Å². The van der Waals surface area contributed by atoms with Crippen LogP contribution in [0, 0.1) is 5.92 Å². The molecule has 0 atom stereocenters. The molecule has 11 heavy (non-hydrogen) atoms. The molecule has 0 unspecified atom stereocenters. The van der Waals surface area contributed by atoms with Crippen molar-refractivity contribution in [3.63, 3.8) is 0 Å². The van der Waals surface area contributed by atoms with Crippen LogP contribution in [-0.2, 0) is 9.59 Å². The smallest absolute Gasteiger partial charge is 0.231 e. The van der Waals surface area contributed by atoms with Crippen molar-refractivity contribution in [3.8, 4) is 0 Å². The average molecular weight is 157 g/mol. The quantitative estimate of drug-likeness (QED) is 0.572. The molecule has 3 heteroatoms. The van der Waals surface area contributed by atoms with Crippen LogP contribution in [0.4, 0.5) is 0 Å². The highest BCUT2D eigenvalue weighted by atomic mass is 16.2. The third-order valence-corrected chi connectivity index (χ3v) is 1.84. The fourth-order valence-electron chi connectivity index (χ4n) is 0.978. The molecule has 0 heterocycles. The first-order valence-electron chi connectivity index (χ1n) is 3.89. The van der Waals surface area contributed by atoms with Gasteiger partial charge in [-0.05, 0) is 12.8 Å². The monoisotopic (exact) mass is 157 g/mol. The van der Waals surface area contributed by atoms with Crippen molar-refractivity contribution < 1.29 is 9.59 Å². The Balaban J connectivity index is 4.08. The second-order valence-corrected chi connectivity index (χ2v) is 2.57. The Morgan fingerprint density at radius 3 is 2.18 bits per heavy atom. The summed E-state index contributed by atoms with van der Waals surface area (Å²) in [4.78, 5) is 22.5. The SMILES string of the molecule is CCC(CC)C(=O)N(C)C=O. The Bertz CT molecular complexity index is 141. The molecular weight excluding hydrogens is 142 g/mol. The summed E-state index contributed by atoms with van der Waals surface area (Å²) in [5, 5.41) is 0. The van der Waals surface area contributed by atoms with Crippen molar-refractivity contribution in [3.05, 3.63) is 0 Å². The lowest BCUT2D eigenvalue weighted by Gasteiger charge is -2.15. The fraction of sp³-hybridized carbons (Fsp3) is 0.750. The normalized spacial score (nSPS) is 9.82. The minimum atomic E-state index is -0.0787. The van der Waals surface area contributed by atoms with Crippen LogP contribution in [0.5, 0.6) is 0 Å². The van der Waals surface area contributed by atoms with Crippen LogP contribution in [0.3, 0.4) is 0 Å². The Labute approximate surface area is 67.4 Å². The Morgan fingerprint density at radius 1 is 1.45 bits per heavy atom. The van der Waals surface area contributed by atoms with Crippen LogP contribution in [-0.4, -0.2) is 24.3 Å². The summed E-state index contributed by atoms with van der Waals surface area (Å²) in [5.41, 5.74) is 0. The van der Waals surface area contributed by atoms with Crippen LogP contribution in [0.1, 0.15) is 26.7 Å². The van der Waals surface area contributed by atoms with E-state index < -0.39 is 0 Å². The van der Waals surface area contributed by atoms with E-state index in [-0.39, 0.29) is 11.8 Å². The molecule has 2 amide bonds. The van der Waals surface area contributed by atoms with Crippen molar-refractivity contribution in [2.45, 2.75) is 26.7 Å². The van der Waals surface area contributed by atoms with E-state index in [0.29, 0.717) is 6.41 Å². The maximum absolute atomic E-state index is 11.2. The average Bonchev–Trinajstić information content (AvgIpc) is 2.05. The Kier molecular flexibility index (Phi) is 4.50. The van der Waals surface area contributed by atoms with Gasteiger partial charge in [-0.1, -0.05) is 13.8 Å². The molecule has 0 aromatic heterocycles. The highest BCUT2D eigenvalue weighted by Gasteiger charge is 2.17. The van der Waals surface area contributed by atoms with Gasteiger partial charge in [0, 0.05) is 13.0 Å². The highest BCUT2D eigenvalue weighted by molar-refractivity contribution is 5.87. The van der Waals surface area contributed by atoms with Crippen LogP contribution >= 0.6 is 0 Å². The summed E-state index contributed by atoms with van der Waals surface area (Å²) in [5.74, 6) is -0.0739. The van der Waals surface area contributed by atoms with E-state index in [9.17, 15) is 9.59 Å². The minimum absolute atomic E-state index is 0.00481. The van der Waals surface area contributed by atoms with Gasteiger partial charge < -0.3 is 0 Å². The molecule has 0 aromatic rings. The predicted molar refractivity (Wildman–Crippen MR) is 42.9 cm³/mol. The zero-order valence-electron chi connectivity index (χ0n) is 7.33. The third kappa shape index (κ3) is 2.70. The van der Waals surface area contributed by atoms with Crippen LogP contribution < -0.4 is 0 Å². The molecule has 64 valence electrons. The van der Waals surface area contributed by atoms with E-state index in [1.165, 1.54) is 7.05 Å². The van der Waals surface area contributed by atoms with Gasteiger partial charge in [-0.15, -0.1) is 0 Å². The van der Waals surface area contributed by atoms with Crippen LogP contribution in [0.2, 0.25) is 0 Å². The van der Waals surface area contributed by atoms with Gasteiger partial charge in [0.05, 0.1) is 0 Å². The van der Waals surface area contributed by atoms with Crippen molar-refractivity contribution in [2.75, 3.05) is 7.05 Å². The van der Waals surface area contributed by atoms with E-state index in [4.69, 9.17) is 0 Å². The molecule has 0 aromatic carbocycles. The largest absolute Gasteiger partial charge is 0.288 e. The van der Waals surface area contributed by atoms with Gasteiger partial charge in [-0.25, -0.2) is 0 Å². The van der Waals surface area contributed by atoms with Gasteiger partial charge >= 0.3 is 0 Å². The van der Waals surface area contributed by atoms with Crippen molar-refractivity contribution in [1.82, 2.24) is 4.90 Å². The van der Waals surface area contributed by atoms with Gasteiger partial charge in [0.1, 0.15) is 0 Å². The number of hydrogen-bond acceptors (Lipinski definition) is 2. The van der Waals surface area contributed by atoms with Gasteiger partial charge in [0.15, 0.2) is 0 Å². The van der Waals surface area contributed by atoms with Crippen molar-refractivity contribution in [1.29, 1.82) is 0 Å². The highest BCUT2D eigenvalue weighted by Crippen LogP contribution is 2.09. The van der Waals surface area contributed by atoms with Gasteiger partial charge in [0.2, 0.25) is 12.3 Å². The number of imide groups is 1. The minimum Gasteiger partial charge on any atom is -0.288 e. The molecule has 3 nitrogen and oxygen atoms in total. The van der Waals surface area contributed by atoms with Crippen LogP contribution in [0.15, 0.2) is 0 Å². The lowest BCUT2D eigenvalue weighted by molar-refractivity contribution is -0.139. The number of amides is 2. The van der Waals surface area contributed by atoms with E-state index in [1.807, 2.05) is 13.8 Å². The maximum atomic E-state index is 11.2. The van der Waals surface area contributed by atoms with E-state index in [2.05, 4.69) is 0 Å². The second-order valence-electron chi connectivity index (χ2n) is 2.57. The molecule has 0 rings (SSSR count). The van der Waals surface area contributed by atoms with Crippen LogP contribution in [0.25, 0.3) is 0 Å². The first kappa shape index (κ1) is 10.1. The molecule has 0 bridgehead atoms. The standard InChI is InChI=1S/C8H15NO2/c1-4-7(5-2)8(11)9(3)6-10/h6-7H,4-5H2,1-3H3. The lowest BCUT2D eigenvalue weighted by atomic mass is 10.0. The summed E-state index contributed by atoms with van der Waals surface area (Å²) in [6, 6.07) is 0. The van der Waals surface area contributed by atoms with Crippen molar-refractivity contribution >= 4 is 12.3 Å². The van der Waals surface area contributed by atoms with Gasteiger partial charge in [-0.2, -0.15) is 0 Å². The molecular formula is C8H15NO2. The number of rotatable bonds is 4. The zero-order chi connectivity index (χ0) is 8.85. The summed E-state index contributed by atoms with van der Waals surface area (Å²) in [6.45, 7) is 3.90. The first-order chi connectivity index (χ1) is 5.17. The van der Waals surface area contributed by atoms with Gasteiger partial charge in [0.25, 0.3) is 0 Å².